The zero-order valence-corrected chi connectivity index (χ0v) is 30.8. The van der Waals surface area contributed by atoms with Crippen LogP contribution in [-0.2, 0) is 0 Å². The van der Waals surface area contributed by atoms with E-state index in [4.69, 9.17) is 19.4 Å². The maximum absolute atomic E-state index is 6.84. The van der Waals surface area contributed by atoms with Crippen LogP contribution in [-0.4, -0.2) is 15.0 Å². The molecular formula is C53H33N3O. The molecule has 0 saturated heterocycles. The number of para-hydroxylation sites is 1. The van der Waals surface area contributed by atoms with Gasteiger partial charge in [0.05, 0.1) is 0 Å². The molecule has 0 aliphatic carbocycles. The minimum Gasteiger partial charge on any atom is -0.455 e. The molecule has 0 aliphatic heterocycles. The summed E-state index contributed by atoms with van der Waals surface area (Å²) in [6, 6.07) is 69.8. The number of rotatable bonds is 6. The van der Waals surface area contributed by atoms with Crippen LogP contribution >= 0.6 is 0 Å². The van der Waals surface area contributed by atoms with Gasteiger partial charge in [-0.05, 0) is 55.4 Å². The summed E-state index contributed by atoms with van der Waals surface area (Å²) >= 11 is 0. The van der Waals surface area contributed by atoms with Gasteiger partial charge in [-0.2, -0.15) is 0 Å². The largest absolute Gasteiger partial charge is 0.455 e. The van der Waals surface area contributed by atoms with Gasteiger partial charge in [0.25, 0.3) is 0 Å². The number of benzene rings is 9. The minimum atomic E-state index is 0.589. The summed E-state index contributed by atoms with van der Waals surface area (Å²) < 4.78 is 6.84. The summed E-state index contributed by atoms with van der Waals surface area (Å²) in [5.41, 5.74) is 11.2. The Hall–Kier alpha value is -7.69. The average Bonchev–Trinajstić information content (AvgIpc) is 3.68. The molecule has 4 heteroatoms. The second-order valence-electron chi connectivity index (χ2n) is 14.3. The second kappa shape index (κ2) is 13.6. The summed E-state index contributed by atoms with van der Waals surface area (Å²) in [4.78, 5) is 15.6. The normalized spacial score (nSPS) is 11.5. The number of furan rings is 1. The summed E-state index contributed by atoms with van der Waals surface area (Å²) in [7, 11) is 0. The summed E-state index contributed by atoms with van der Waals surface area (Å²) in [6.07, 6.45) is 0. The zero-order valence-electron chi connectivity index (χ0n) is 30.8. The van der Waals surface area contributed by atoms with Crippen LogP contribution in [0.25, 0.3) is 111 Å². The molecule has 57 heavy (non-hydrogen) atoms. The van der Waals surface area contributed by atoms with E-state index in [1.165, 1.54) is 21.9 Å². The maximum atomic E-state index is 6.84. The van der Waals surface area contributed by atoms with E-state index in [-0.39, 0.29) is 0 Å². The van der Waals surface area contributed by atoms with E-state index >= 15 is 0 Å². The van der Waals surface area contributed by atoms with Gasteiger partial charge in [-0.25, -0.2) is 15.0 Å². The Morgan fingerprint density at radius 3 is 1.58 bits per heavy atom. The molecule has 0 radical (unpaired) electrons. The van der Waals surface area contributed by atoms with Crippen molar-refractivity contribution in [1.29, 1.82) is 0 Å². The van der Waals surface area contributed by atoms with E-state index in [2.05, 4.69) is 182 Å². The van der Waals surface area contributed by atoms with Gasteiger partial charge in [-0.3, -0.25) is 0 Å². The fourth-order valence-electron chi connectivity index (χ4n) is 8.26. The third-order valence-corrected chi connectivity index (χ3v) is 11.0. The van der Waals surface area contributed by atoms with Gasteiger partial charge < -0.3 is 4.42 Å². The fraction of sp³-hybridized carbons (Fsp3) is 0. The quantitative estimate of drug-likeness (QED) is 0.171. The van der Waals surface area contributed by atoms with Crippen molar-refractivity contribution < 1.29 is 4.42 Å². The van der Waals surface area contributed by atoms with Crippen molar-refractivity contribution in [3.05, 3.63) is 200 Å². The molecule has 0 amide bonds. The Balaban J connectivity index is 1.11. The van der Waals surface area contributed by atoms with Crippen LogP contribution in [0.2, 0.25) is 0 Å². The first-order valence-corrected chi connectivity index (χ1v) is 19.2. The first-order valence-electron chi connectivity index (χ1n) is 19.2. The van der Waals surface area contributed by atoms with Crippen molar-refractivity contribution in [3.63, 3.8) is 0 Å². The Bertz CT molecular complexity index is 3270. The third kappa shape index (κ3) is 5.66. The summed E-state index contributed by atoms with van der Waals surface area (Å²) in [5.74, 6) is 1.82. The minimum absolute atomic E-state index is 0.589. The molecule has 0 bridgehead atoms. The summed E-state index contributed by atoms with van der Waals surface area (Å²) in [5, 5.41) is 6.57. The van der Waals surface area contributed by atoms with Crippen molar-refractivity contribution in [2.24, 2.45) is 0 Å². The molecule has 9 aromatic carbocycles. The van der Waals surface area contributed by atoms with Crippen LogP contribution in [0.3, 0.4) is 0 Å². The van der Waals surface area contributed by atoms with E-state index in [9.17, 15) is 0 Å². The van der Waals surface area contributed by atoms with E-state index in [1.54, 1.807) is 0 Å². The molecule has 0 saturated carbocycles. The smallest absolute Gasteiger partial charge is 0.164 e. The first kappa shape index (κ1) is 32.7. The van der Waals surface area contributed by atoms with Crippen molar-refractivity contribution >= 4 is 43.5 Å². The van der Waals surface area contributed by atoms with E-state index in [0.29, 0.717) is 17.5 Å². The van der Waals surface area contributed by atoms with Crippen LogP contribution in [0.1, 0.15) is 0 Å². The van der Waals surface area contributed by atoms with Crippen molar-refractivity contribution in [1.82, 2.24) is 15.0 Å². The van der Waals surface area contributed by atoms with Crippen molar-refractivity contribution in [3.8, 4) is 67.5 Å². The van der Waals surface area contributed by atoms with Gasteiger partial charge in [0.15, 0.2) is 17.5 Å². The number of aromatic nitrogens is 3. The molecule has 0 atom stereocenters. The summed E-state index contributed by atoms with van der Waals surface area (Å²) in [6.45, 7) is 0. The highest BCUT2D eigenvalue weighted by molar-refractivity contribution is 6.17. The topological polar surface area (TPSA) is 51.8 Å². The second-order valence-corrected chi connectivity index (χ2v) is 14.3. The monoisotopic (exact) mass is 727 g/mol. The maximum Gasteiger partial charge on any atom is 0.164 e. The van der Waals surface area contributed by atoms with Gasteiger partial charge in [-0.15, -0.1) is 0 Å². The highest BCUT2D eigenvalue weighted by Gasteiger charge is 2.21. The first-order chi connectivity index (χ1) is 28.3. The lowest BCUT2D eigenvalue weighted by molar-refractivity contribution is 0.670. The van der Waals surface area contributed by atoms with Crippen LogP contribution in [0.15, 0.2) is 205 Å². The van der Waals surface area contributed by atoms with Crippen LogP contribution in [0, 0.1) is 0 Å². The van der Waals surface area contributed by atoms with Gasteiger partial charge in [-0.1, -0.05) is 194 Å². The Kier molecular flexibility index (Phi) is 7.78. The van der Waals surface area contributed by atoms with E-state index in [0.717, 1.165) is 71.7 Å². The predicted molar refractivity (Wildman–Crippen MR) is 235 cm³/mol. The lowest BCUT2D eigenvalue weighted by Gasteiger charge is -2.12. The zero-order chi connectivity index (χ0) is 37.7. The Morgan fingerprint density at radius 1 is 0.281 bits per heavy atom. The molecule has 11 rings (SSSR count). The number of hydrogen-bond acceptors (Lipinski definition) is 4. The van der Waals surface area contributed by atoms with Crippen molar-refractivity contribution in [2.45, 2.75) is 0 Å². The lowest BCUT2D eigenvalue weighted by atomic mass is 9.91. The van der Waals surface area contributed by atoms with E-state index < -0.39 is 0 Å². The standard InChI is InChI=1S/C53H33N3O/c1-3-14-34(15-4-1)35-28-30-38(31-29-35)51-54-52(45-24-11-19-37-18-7-8-20-39(37)45)56-53(55-51)47-26-13-27-48-49(47)46-25-12-23-44(50(46)57-48)43-33-32-40(36-16-5-2-6-17-36)41-21-9-10-22-42(41)43/h1-33H. The lowest BCUT2D eigenvalue weighted by Crippen LogP contribution is -2.01. The van der Waals surface area contributed by atoms with Crippen LogP contribution < -0.4 is 0 Å². The average molecular weight is 728 g/mol. The highest BCUT2D eigenvalue weighted by atomic mass is 16.3. The molecule has 4 nitrogen and oxygen atoms in total. The van der Waals surface area contributed by atoms with Crippen molar-refractivity contribution in [2.75, 3.05) is 0 Å². The molecule has 0 fully saturated rings. The van der Waals surface area contributed by atoms with Gasteiger partial charge in [0, 0.05) is 33.0 Å². The number of fused-ring (bicyclic) bond motifs is 5. The van der Waals surface area contributed by atoms with Crippen LogP contribution in [0.5, 0.6) is 0 Å². The molecular weight excluding hydrogens is 695 g/mol. The highest BCUT2D eigenvalue weighted by Crippen LogP contribution is 2.43. The molecule has 0 spiro atoms. The van der Waals surface area contributed by atoms with Gasteiger partial charge in [0.1, 0.15) is 11.2 Å². The van der Waals surface area contributed by atoms with E-state index in [1.807, 2.05) is 18.2 Å². The Morgan fingerprint density at radius 2 is 0.789 bits per heavy atom. The fourth-order valence-corrected chi connectivity index (χ4v) is 8.26. The van der Waals surface area contributed by atoms with Gasteiger partial charge in [0.2, 0.25) is 0 Å². The molecule has 266 valence electrons. The number of nitrogens with zero attached hydrogens (tertiary/aromatic N) is 3. The van der Waals surface area contributed by atoms with Crippen LogP contribution in [0.4, 0.5) is 0 Å². The number of hydrogen-bond donors (Lipinski definition) is 0. The third-order valence-electron chi connectivity index (χ3n) is 11.0. The molecule has 2 aromatic heterocycles. The molecule has 11 aromatic rings. The molecule has 0 aliphatic rings. The Labute approximate surface area is 329 Å². The molecule has 0 N–H and O–H groups in total. The molecule has 0 unspecified atom stereocenters. The SMILES string of the molecule is c1ccc(-c2ccc(-c3nc(-c4cccc5ccccc45)nc(-c4cccc5oc6c(-c7ccc(-c8ccccc8)c8ccccc78)cccc6c45)n3)cc2)cc1. The molecule has 2 heterocycles. The van der Waals surface area contributed by atoms with Gasteiger partial charge >= 0.3 is 0 Å². The predicted octanol–water partition coefficient (Wildman–Crippen LogP) is 14.1.